The minimum Gasteiger partial charge on any atom is -0.478 e. The van der Waals surface area contributed by atoms with Gasteiger partial charge in [-0.25, -0.2) is 9.78 Å². The number of hydrogen-bond acceptors (Lipinski definition) is 4. The number of nitrogens with zero attached hydrogens (tertiary/aromatic N) is 2. The van der Waals surface area contributed by atoms with Gasteiger partial charge in [0.2, 0.25) is 0 Å². The van der Waals surface area contributed by atoms with Gasteiger partial charge >= 0.3 is 5.97 Å². The number of aromatic carboxylic acids is 1. The first-order valence-corrected chi connectivity index (χ1v) is 6.11. The molecule has 0 aliphatic carbocycles. The first kappa shape index (κ1) is 13.6. The van der Waals surface area contributed by atoms with Crippen LogP contribution in [-0.4, -0.2) is 22.6 Å². The lowest BCUT2D eigenvalue weighted by molar-refractivity contribution is 0.0697. The van der Waals surface area contributed by atoms with E-state index in [4.69, 9.17) is 10.4 Å². The van der Waals surface area contributed by atoms with Crippen molar-refractivity contribution in [2.24, 2.45) is 0 Å². The molecular formula is C15H13N3O2. The third-order valence-electron chi connectivity index (χ3n) is 2.78. The fourth-order valence-corrected chi connectivity index (χ4v) is 1.79. The van der Waals surface area contributed by atoms with Gasteiger partial charge in [-0.15, -0.1) is 0 Å². The molecule has 5 heteroatoms. The molecule has 0 aliphatic heterocycles. The van der Waals surface area contributed by atoms with E-state index in [0.29, 0.717) is 24.3 Å². The second-order valence-corrected chi connectivity index (χ2v) is 4.22. The molecule has 0 saturated carbocycles. The fourth-order valence-electron chi connectivity index (χ4n) is 1.79. The summed E-state index contributed by atoms with van der Waals surface area (Å²) < 4.78 is 0. The number of aromatic nitrogens is 1. The lowest BCUT2D eigenvalue weighted by atomic mass is 10.1. The molecule has 1 aromatic carbocycles. The van der Waals surface area contributed by atoms with Gasteiger partial charge in [-0.2, -0.15) is 5.26 Å². The number of nitriles is 1. The lowest BCUT2D eigenvalue weighted by Crippen LogP contribution is -2.07. The van der Waals surface area contributed by atoms with E-state index in [-0.39, 0.29) is 5.56 Å². The van der Waals surface area contributed by atoms with Crippen LogP contribution in [0.4, 0.5) is 5.82 Å². The largest absolute Gasteiger partial charge is 0.478 e. The molecule has 2 N–H and O–H groups in total. The van der Waals surface area contributed by atoms with E-state index in [9.17, 15) is 4.79 Å². The van der Waals surface area contributed by atoms with Gasteiger partial charge in [0.05, 0.1) is 17.2 Å². The summed E-state index contributed by atoms with van der Waals surface area (Å²) in [6.45, 7) is 0.616. The van der Waals surface area contributed by atoms with Crippen molar-refractivity contribution in [2.45, 2.75) is 6.42 Å². The van der Waals surface area contributed by atoms with E-state index in [2.05, 4.69) is 16.4 Å². The van der Waals surface area contributed by atoms with Crippen LogP contribution in [0.5, 0.6) is 0 Å². The van der Waals surface area contributed by atoms with Gasteiger partial charge in [0.15, 0.2) is 0 Å². The highest BCUT2D eigenvalue weighted by Gasteiger charge is 2.03. The van der Waals surface area contributed by atoms with Crippen LogP contribution in [0, 0.1) is 11.3 Å². The minimum absolute atomic E-state index is 0.284. The van der Waals surface area contributed by atoms with Crippen molar-refractivity contribution in [2.75, 3.05) is 11.9 Å². The van der Waals surface area contributed by atoms with Gasteiger partial charge in [-0.05, 0) is 36.2 Å². The Morgan fingerprint density at radius 2 is 2.20 bits per heavy atom. The van der Waals surface area contributed by atoms with Crippen LogP contribution >= 0.6 is 0 Å². The van der Waals surface area contributed by atoms with E-state index < -0.39 is 5.97 Å². The van der Waals surface area contributed by atoms with E-state index >= 15 is 0 Å². The van der Waals surface area contributed by atoms with Gasteiger partial charge < -0.3 is 10.4 Å². The Balaban J connectivity index is 1.94. The number of nitrogens with one attached hydrogen (secondary N) is 1. The summed E-state index contributed by atoms with van der Waals surface area (Å²) in [5.41, 5.74) is 1.77. The Kier molecular flexibility index (Phi) is 4.30. The van der Waals surface area contributed by atoms with Crippen molar-refractivity contribution in [1.82, 2.24) is 4.98 Å². The van der Waals surface area contributed by atoms with Crippen LogP contribution in [0.2, 0.25) is 0 Å². The second-order valence-electron chi connectivity index (χ2n) is 4.22. The Bertz CT molecular complexity index is 662. The van der Waals surface area contributed by atoms with Crippen LogP contribution < -0.4 is 5.32 Å². The quantitative estimate of drug-likeness (QED) is 0.868. The Morgan fingerprint density at radius 1 is 1.35 bits per heavy atom. The number of hydrogen-bond donors (Lipinski definition) is 2. The molecule has 100 valence electrons. The average Bonchev–Trinajstić information content (AvgIpc) is 2.48. The maximum atomic E-state index is 10.9. The molecule has 1 heterocycles. The van der Waals surface area contributed by atoms with Gasteiger partial charge in [0.1, 0.15) is 5.82 Å². The summed E-state index contributed by atoms with van der Waals surface area (Å²) in [7, 11) is 0. The number of rotatable bonds is 5. The highest BCUT2D eigenvalue weighted by molar-refractivity contribution is 5.87. The summed E-state index contributed by atoms with van der Waals surface area (Å²) in [6.07, 6.45) is 2.26. The molecule has 0 radical (unpaired) electrons. The predicted molar refractivity (Wildman–Crippen MR) is 74.5 cm³/mol. The van der Waals surface area contributed by atoms with Gasteiger partial charge in [0.25, 0.3) is 0 Å². The molecule has 5 nitrogen and oxygen atoms in total. The smallest absolute Gasteiger partial charge is 0.335 e. The van der Waals surface area contributed by atoms with E-state index in [1.165, 1.54) is 0 Å². The zero-order valence-electron chi connectivity index (χ0n) is 10.7. The van der Waals surface area contributed by atoms with E-state index in [1.54, 1.807) is 36.5 Å². The number of anilines is 1. The zero-order valence-corrected chi connectivity index (χ0v) is 10.7. The first-order chi connectivity index (χ1) is 9.69. The molecule has 0 bridgehead atoms. The molecule has 2 aromatic rings. The SMILES string of the molecule is N#Cc1ccnc(NCCc2cccc(C(=O)O)c2)c1. The zero-order chi connectivity index (χ0) is 14.4. The van der Waals surface area contributed by atoms with Crippen LogP contribution in [0.1, 0.15) is 21.5 Å². The Labute approximate surface area is 116 Å². The van der Waals surface area contributed by atoms with Crippen molar-refractivity contribution in [3.05, 3.63) is 59.3 Å². The topological polar surface area (TPSA) is 86.0 Å². The molecule has 2 rings (SSSR count). The highest BCUT2D eigenvalue weighted by atomic mass is 16.4. The normalized spacial score (nSPS) is 9.75. The standard InChI is InChI=1S/C15H13N3O2/c16-10-12-5-7-18-14(9-12)17-6-4-11-2-1-3-13(8-11)15(19)20/h1-3,5,7-9H,4,6H2,(H,17,18)(H,19,20). The summed E-state index contributed by atoms with van der Waals surface area (Å²) >= 11 is 0. The van der Waals surface area contributed by atoms with Crippen molar-refractivity contribution in [3.8, 4) is 6.07 Å². The van der Waals surface area contributed by atoms with Gasteiger partial charge in [-0.1, -0.05) is 12.1 Å². The number of carboxylic acid groups (broad SMARTS) is 1. The molecule has 20 heavy (non-hydrogen) atoms. The number of pyridine rings is 1. The van der Waals surface area contributed by atoms with Crippen molar-refractivity contribution < 1.29 is 9.90 Å². The molecular weight excluding hydrogens is 254 g/mol. The molecule has 0 unspecified atom stereocenters. The van der Waals surface area contributed by atoms with Gasteiger partial charge in [-0.3, -0.25) is 0 Å². The summed E-state index contributed by atoms with van der Waals surface area (Å²) in [5.74, 6) is -0.290. The third-order valence-corrected chi connectivity index (χ3v) is 2.78. The van der Waals surface area contributed by atoms with E-state index in [0.717, 1.165) is 5.56 Å². The maximum absolute atomic E-state index is 10.9. The number of carboxylic acids is 1. The Hall–Kier alpha value is -2.87. The summed E-state index contributed by atoms with van der Waals surface area (Å²) in [6, 6.07) is 12.2. The molecule has 1 aromatic heterocycles. The van der Waals surface area contributed by atoms with Crippen molar-refractivity contribution in [3.63, 3.8) is 0 Å². The van der Waals surface area contributed by atoms with E-state index in [1.807, 2.05) is 6.07 Å². The molecule has 0 spiro atoms. The minimum atomic E-state index is -0.928. The summed E-state index contributed by atoms with van der Waals surface area (Å²) in [5, 5.41) is 20.8. The average molecular weight is 267 g/mol. The lowest BCUT2D eigenvalue weighted by Gasteiger charge is -2.06. The van der Waals surface area contributed by atoms with Gasteiger partial charge in [0, 0.05) is 12.7 Å². The monoisotopic (exact) mass is 267 g/mol. The van der Waals surface area contributed by atoms with Crippen LogP contribution in [-0.2, 0) is 6.42 Å². The fraction of sp³-hybridized carbons (Fsp3) is 0.133. The molecule has 0 saturated heterocycles. The van der Waals surface area contributed by atoms with Crippen molar-refractivity contribution in [1.29, 1.82) is 5.26 Å². The van der Waals surface area contributed by atoms with Crippen LogP contribution in [0.3, 0.4) is 0 Å². The third kappa shape index (κ3) is 3.56. The first-order valence-electron chi connectivity index (χ1n) is 6.11. The molecule has 0 amide bonds. The van der Waals surface area contributed by atoms with Crippen LogP contribution in [0.25, 0.3) is 0 Å². The number of benzene rings is 1. The number of carbonyl (C=O) groups is 1. The maximum Gasteiger partial charge on any atom is 0.335 e. The molecule has 0 atom stereocenters. The molecule has 0 fully saturated rings. The van der Waals surface area contributed by atoms with Crippen LogP contribution in [0.15, 0.2) is 42.6 Å². The van der Waals surface area contributed by atoms with Crippen molar-refractivity contribution >= 4 is 11.8 Å². The predicted octanol–water partition coefficient (Wildman–Crippen LogP) is 2.31. The summed E-state index contributed by atoms with van der Waals surface area (Å²) in [4.78, 5) is 15.0. The second kappa shape index (κ2) is 6.34. The highest BCUT2D eigenvalue weighted by Crippen LogP contribution is 2.08. The Morgan fingerprint density at radius 3 is 2.95 bits per heavy atom. The molecule has 0 aliphatic rings.